The van der Waals surface area contributed by atoms with E-state index >= 15 is 0 Å². The number of nitro groups is 1. The predicted octanol–water partition coefficient (Wildman–Crippen LogP) is 1.12. The lowest BCUT2D eigenvalue weighted by Gasteiger charge is -2.50. The number of ether oxygens (including phenoxy) is 1. The maximum absolute atomic E-state index is 12.4. The molecule has 0 radical (unpaired) electrons. The molecule has 1 saturated heterocycles. The Labute approximate surface area is 156 Å². The number of carbonyl (C=O) groups excluding carboxylic acids is 3. The van der Waals surface area contributed by atoms with Gasteiger partial charge in [-0.3, -0.25) is 19.7 Å². The van der Waals surface area contributed by atoms with Crippen LogP contribution in [0.2, 0.25) is 0 Å². The molecule has 2 amide bonds. The summed E-state index contributed by atoms with van der Waals surface area (Å²) in [5.41, 5.74) is 0.485. The Balaban J connectivity index is 1.66. The summed E-state index contributed by atoms with van der Waals surface area (Å²) in [5, 5.41) is 14.3. The van der Waals surface area contributed by atoms with Crippen LogP contribution < -0.4 is 5.32 Å². The molecule has 0 bridgehead atoms. The standard InChI is InChI=1S/C15H12ClN3O6S/c16-10-6-26-14-11(17-7-20)13(21)18(14)12(10)15(22)25-5-8-1-3-9(4-2-8)19(23)24/h1-4,6-7,11-12,14H,5H2,(H,17,20)/t11-,12?,14-/m1/s1. The van der Waals surface area contributed by atoms with Crippen molar-refractivity contribution in [2.24, 2.45) is 0 Å². The highest BCUT2D eigenvalue weighted by atomic mass is 35.5. The third-order valence-corrected chi connectivity index (χ3v) is 5.55. The highest BCUT2D eigenvalue weighted by molar-refractivity contribution is 8.03. The number of fused-ring (bicyclic) bond motifs is 1. The molecule has 1 aromatic carbocycles. The molecule has 3 rings (SSSR count). The molecule has 2 aliphatic heterocycles. The first-order valence-corrected chi connectivity index (χ1v) is 8.69. The number of nitrogens with one attached hydrogen (secondary N) is 1. The minimum Gasteiger partial charge on any atom is -0.459 e. The number of nitro benzene ring substituents is 1. The molecule has 9 nitrogen and oxygen atoms in total. The van der Waals surface area contributed by atoms with Crippen molar-refractivity contribution in [2.45, 2.75) is 24.1 Å². The van der Waals surface area contributed by atoms with Gasteiger partial charge in [0.2, 0.25) is 12.3 Å². The first kappa shape index (κ1) is 18.2. The topological polar surface area (TPSA) is 119 Å². The number of amides is 2. The lowest BCUT2D eigenvalue weighted by atomic mass is 10.0. The van der Waals surface area contributed by atoms with Crippen LogP contribution in [0.15, 0.2) is 34.7 Å². The number of nitrogens with zero attached hydrogens (tertiary/aromatic N) is 2. The second-order valence-electron chi connectivity index (χ2n) is 5.47. The molecule has 0 spiro atoms. The second kappa shape index (κ2) is 7.34. The molecule has 1 fully saturated rings. The number of non-ortho nitro benzene ring substituents is 1. The van der Waals surface area contributed by atoms with Crippen molar-refractivity contribution in [3.8, 4) is 0 Å². The van der Waals surface area contributed by atoms with Gasteiger partial charge in [0, 0.05) is 12.1 Å². The largest absolute Gasteiger partial charge is 0.459 e. The van der Waals surface area contributed by atoms with E-state index in [-0.39, 0.29) is 17.3 Å². The number of benzene rings is 1. The summed E-state index contributed by atoms with van der Waals surface area (Å²) in [7, 11) is 0. The molecule has 2 aliphatic rings. The SMILES string of the molecule is O=CN[C@@H]1C(=O)N2C(C(=O)OCc3ccc([N+](=O)[O-])cc3)C(Cl)=CS[C@H]12. The molecule has 0 aliphatic carbocycles. The Bertz CT molecular complexity index is 799. The fourth-order valence-electron chi connectivity index (χ4n) is 2.64. The third-order valence-electron chi connectivity index (χ3n) is 3.94. The smallest absolute Gasteiger partial charge is 0.334 e. The van der Waals surface area contributed by atoms with Gasteiger partial charge in [0.1, 0.15) is 18.0 Å². The van der Waals surface area contributed by atoms with Crippen LogP contribution in [0, 0.1) is 10.1 Å². The molecule has 2 heterocycles. The Kier molecular flexibility index (Phi) is 5.14. The van der Waals surface area contributed by atoms with E-state index in [0.717, 1.165) is 0 Å². The van der Waals surface area contributed by atoms with Crippen LogP contribution in [-0.4, -0.2) is 45.6 Å². The maximum atomic E-state index is 12.4. The van der Waals surface area contributed by atoms with Crippen molar-refractivity contribution in [3.05, 3.63) is 50.4 Å². The van der Waals surface area contributed by atoms with Gasteiger partial charge in [0.15, 0.2) is 6.04 Å². The van der Waals surface area contributed by atoms with Crippen LogP contribution in [0.1, 0.15) is 5.56 Å². The number of esters is 1. The number of carbonyl (C=O) groups is 3. The minimum absolute atomic E-state index is 0.0712. The second-order valence-corrected chi connectivity index (χ2v) is 6.90. The zero-order chi connectivity index (χ0) is 18.8. The number of hydrogen-bond acceptors (Lipinski definition) is 7. The van der Waals surface area contributed by atoms with Crippen LogP contribution in [0.25, 0.3) is 0 Å². The average Bonchev–Trinajstić information content (AvgIpc) is 2.64. The van der Waals surface area contributed by atoms with Gasteiger partial charge in [-0.25, -0.2) is 4.79 Å². The van der Waals surface area contributed by atoms with Crippen molar-refractivity contribution < 1.29 is 24.0 Å². The van der Waals surface area contributed by atoms with E-state index in [1.165, 1.54) is 40.9 Å². The average molecular weight is 398 g/mol. The molecule has 11 heteroatoms. The normalized spacial score (nSPS) is 24.0. The molecule has 0 aromatic heterocycles. The molecule has 3 atom stereocenters. The minimum atomic E-state index is -1.07. The summed E-state index contributed by atoms with van der Waals surface area (Å²) in [6.45, 7) is -0.118. The number of β-lactam (4-membered cyclic amide) rings is 1. The van der Waals surface area contributed by atoms with Gasteiger partial charge < -0.3 is 15.0 Å². The third kappa shape index (κ3) is 3.25. The molecule has 136 valence electrons. The first-order chi connectivity index (χ1) is 12.4. The van der Waals surface area contributed by atoms with Gasteiger partial charge in [-0.15, -0.1) is 11.8 Å². The Morgan fingerprint density at radius 1 is 1.42 bits per heavy atom. The van der Waals surface area contributed by atoms with Crippen LogP contribution in [0.4, 0.5) is 5.69 Å². The maximum Gasteiger partial charge on any atom is 0.334 e. The zero-order valence-corrected chi connectivity index (χ0v) is 14.6. The van der Waals surface area contributed by atoms with Crippen molar-refractivity contribution >= 4 is 47.3 Å². The summed E-state index contributed by atoms with van der Waals surface area (Å²) in [4.78, 5) is 46.5. The summed E-state index contributed by atoms with van der Waals surface area (Å²) in [6, 6.07) is 3.78. The number of hydrogen-bond donors (Lipinski definition) is 1. The molecular formula is C15H12ClN3O6S. The summed E-state index contributed by atoms with van der Waals surface area (Å²) < 4.78 is 5.21. The molecule has 1 N–H and O–H groups in total. The van der Waals surface area contributed by atoms with Crippen molar-refractivity contribution in [1.82, 2.24) is 10.2 Å². The Morgan fingerprint density at radius 3 is 2.73 bits per heavy atom. The zero-order valence-electron chi connectivity index (χ0n) is 13.0. The van der Waals surface area contributed by atoms with Gasteiger partial charge >= 0.3 is 5.97 Å². The van der Waals surface area contributed by atoms with Crippen LogP contribution in [0.3, 0.4) is 0 Å². The van der Waals surface area contributed by atoms with Gasteiger partial charge in [0.05, 0.1) is 9.96 Å². The van der Waals surface area contributed by atoms with Crippen molar-refractivity contribution in [3.63, 3.8) is 0 Å². The van der Waals surface area contributed by atoms with Crippen LogP contribution >= 0.6 is 23.4 Å². The van der Waals surface area contributed by atoms with Crippen molar-refractivity contribution in [1.29, 1.82) is 0 Å². The highest BCUT2D eigenvalue weighted by Crippen LogP contribution is 2.41. The van der Waals surface area contributed by atoms with E-state index in [1.807, 2.05) is 0 Å². The Hall–Kier alpha value is -2.59. The predicted molar refractivity (Wildman–Crippen MR) is 91.8 cm³/mol. The highest BCUT2D eigenvalue weighted by Gasteiger charge is 2.55. The van der Waals surface area contributed by atoms with E-state index in [2.05, 4.69) is 5.32 Å². The number of halogens is 1. The number of thioether (sulfide) groups is 1. The molecule has 1 unspecified atom stereocenters. The van der Waals surface area contributed by atoms with Crippen molar-refractivity contribution in [2.75, 3.05) is 0 Å². The van der Waals surface area contributed by atoms with E-state index < -0.39 is 34.3 Å². The Morgan fingerprint density at radius 2 is 2.12 bits per heavy atom. The van der Waals surface area contributed by atoms with Gasteiger partial charge in [-0.2, -0.15) is 0 Å². The van der Waals surface area contributed by atoms with Gasteiger partial charge in [0.25, 0.3) is 5.69 Å². The first-order valence-electron chi connectivity index (χ1n) is 7.37. The summed E-state index contributed by atoms with van der Waals surface area (Å²) in [5.74, 6) is -1.13. The van der Waals surface area contributed by atoms with Gasteiger partial charge in [-0.1, -0.05) is 11.6 Å². The van der Waals surface area contributed by atoms with E-state index in [0.29, 0.717) is 12.0 Å². The fourth-order valence-corrected chi connectivity index (χ4v) is 4.09. The van der Waals surface area contributed by atoms with Crippen LogP contribution in [0.5, 0.6) is 0 Å². The van der Waals surface area contributed by atoms with E-state index in [1.54, 1.807) is 5.41 Å². The lowest BCUT2D eigenvalue weighted by molar-refractivity contribution is -0.384. The van der Waals surface area contributed by atoms with Gasteiger partial charge in [-0.05, 0) is 23.1 Å². The molecule has 0 saturated carbocycles. The van der Waals surface area contributed by atoms with Crippen LogP contribution in [-0.2, 0) is 25.7 Å². The molecule has 1 aromatic rings. The fraction of sp³-hybridized carbons (Fsp3) is 0.267. The van der Waals surface area contributed by atoms with E-state index in [9.17, 15) is 24.5 Å². The number of rotatable bonds is 6. The van der Waals surface area contributed by atoms with E-state index in [4.69, 9.17) is 16.3 Å². The summed E-state index contributed by atoms with van der Waals surface area (Å²) in [6.07, 6.45) is 0.433. The molecular weight excluding hydrogens is 386 g/mol. The molecule has 26 heavy (non-hydrogen) atoms. The summed E-state index contributed by atoms with van der Waals surface area (Å²) >= 11 is 7.31. The quantitative estimate of drug-likeness (QED) is 0.251. The lowest BCUT2D eigenvalue weighted by Crippen LogP contribution is -2.73. The monoisotopic (exact) mass is 397 g/mol.